The summed E-state index contributed by atoms with van der Waals surface area (Å²) >= 11 is 0. The van der Waals surface area contributed by atoms with Gasteiger partial charge in [0.1, 0.15) is 0 Å². The summed E-state index contributed by atoms with van der Waals surface area (Å²) < 4.78 is 0. The molecule has 0 spiro atoms. The van der Waals surface area contributed by atoms with Crippen molar-refractivity contribution in [2.45, 2.75) is 39.7 Å². The molecule has 1 unspecified atom stereocenters. The van der Waals surface area contributed by atoms with Crippen LogP contribution in [0.15, 0.2) is 42.5 Å². The van der Waals surface area contributed by atoms with Crippen LogP contribution in [0.1, 0.15) is 34.7 Å². The molecule has 0 aliphatic carbocycles. The maximum Gasteiger partial charge on any atom is 0.0911 e. The van der Waals surface area contributed by atoms with Crippen molar-refractivity contribution in [2.75, 3.05) is 0 Å². The van der Waals surface area contributed by atoms with Crippen LogP contribution in [-0.2, 0) is 12.0 Å². The van der Waals surface area contributed by atoms with Gasteiger partial charge in [0.15, 0.2) is 0 Å². The van der Waals surface area contributed by atoms with E-state index in [0.29, 0.717) is 6.42 Å². The van der Waals surface area contributed by atoms with Crippen LogP contribution in [0.3, 0.4) is 0 Å². The van der Waals surface area contributed by atoms with Gasteiger partial charge in [-0.05, 0) is 55.5 Å². The lowest BCUT2D eigenvalue weighted by atomic mass is 9.84. The first-order valence-electron chi connectivity index (χ1n) is 6.75. The van der Waals surface area contributed by atoms with Gasteiger partial charge in [0.25, 0.3) is 0 Å². The van der Waals surface area contributed by atoms with Crippen LogP contribution in [0.5, 0.6) is 0 Å². The fourth-order valence-electron chi connectivity index (χ4n) is 2.63. The smallest absolute Gasteiger partial charge is 0.0911 e. The van der Waals surface area contributed by atoms with Gasteiger partial charge in [0, 0.05) is 6.42 Å². The topological polar surface area (TPSA) is 20.2 Å². The largest absolute Gasteiger partial charge is 0.385 e. The quantitative estimate of drug-likeness (QED) is 0.875. The molecule has 0 radical (unpaired) electrons. The Morgan fingerprint density at radius 3 is 2.11 bits per heavy atom. The van der Waals surface area contributed by atoms with Gasteiger partial charge in [-0.2, -0.15) is 0 Å². The molecule has 1 nitrogen and oxygen atoms in total. The molecule has 0 aromatic heterocycles. The van der Waals surface area contributed by atoms with E-state index in [2.05, 4.69) is 45.0 Å². The molecule has 0 aliphatic rings. The molecule has 0 aliphatic heterocycles. The average Bonchev–Trinajstić information content (AvgIpc) is 2.34. The predicted octanol–water partition coefficient (Wildman–Crippen LogP) is 4.06. The Hall–Kier alpha value is -1.60. The van der Waals surface area contributed by atoms with Crippen LogP contribution < -0.4 is 0 Å². The molecule has 0 saturated carbocycles. The summed E-state index contributed by atoms with van der Waals surface area (Å²) in [5, 5.41) is 10.8. The van der Waals surface area contributed by atoms with Gasteiger partial charge in [-0.1, -0.05) is 42.5 Å². The Balaban J connectivity index is 2.37. The van der Waals surface area contributed by atoms with Crippen LogP contribution in [0.4, 0.5) is 0 Å². The highest BCUT2D eigenvalue weighted by Crippen LogP contribution is 2.29. The molecule has 0 amide bonds. The van der Waals surface area contributed by atoms with Crippen molar-refractivity contribution in [1.29, 1.82) is 0 Å². The van der Waals surface area contributed by atoms with Gasteiger partial charge in [0.05, 0.1) is 5.60 Å². The zero-order chi connectivity index (χ0) is 14.0. The van der Waals surface area contributed by atoms with Crippen molar-refractivity contribution in [2.24, 2.45) is 0 Å². The molecule has 2 rings (SSSR count). The van der Waals surface area contributed by atoms with Crippen LogP contribution in [0.25, 0.3) is 0 Å². The highest BCUT2D eigenvalue weighted by atomic mass is 16.3. The van der Waals surface area contributed by atoms with Crippen LogP contribution in [-0.4, -0.2) is 5.11 Å². The third kappa shape index (κ3) is 3.05. The molecule has 0 bridgehead atoms. The molecule has 0 heterocycles. The summed E-state index contributed by atoms with van der Waals surface area (Å²) in [6.07, 6.45) is 0.636. The van der Waals surface area contributed by atoms with Crippen molar-refractivity contribution in [1.82, 2.24) is 0 Å². The first kappa shape index (κ1) is 13.8. The lowest BCUT2D eigenvalue weighted by molar-refractivity contribution is 0.0569. The minimum absolute atomic E-state index is 0.636. The second-order valence-corrected chi connectivity index (χ2v) is 5.69. The Morgan fingerprint density at radius 1 is 0.895 bits per heavy atom. The van der Waals surface area contributed by atoms with E-state index in [1.807, 2.05) is 25.1 Å². The zero-order valence-electron chi connectivity index (χ0n) is 12.2. The summed E-state index contributed by atoms with van der Waals surface area (Å²) in [5.74, 6) is 0. The van der Waals surface area contributed by atoms with Gasteiger partial charge < -0.3 is 5.11 Å². The molecule has 1 heteroatoms. The van der Waals surface area contributed by atoms with E-state index in [-0.39, 0.29) is 0 Å². The second-order valence-electron chi connectivity index (χ2n) is 5.69. The Labute approximate surface area is 115 Å². The number of aryl methyl sites for hydroxylation is 3. The maximum atomic E-state index is 10.8. The van der Waals surface area contributed by atoms with Crippen molar-refractivity contribution < 1.29 is 5.11 Å². The molecule has 0 fully saturated rings. The molecular formula is C18H22O. The van der Waals surface area contributed by atoms with Crippen LogP contribution >= 0.6 is 0 Å². The van der Waals surface area contributed by atoms with E-state index in [9.17, 15) is 5.11 Å². The number of benzene rings is 2. The fraction of sp³-hybridized carbons (Fsp3) is 0.333. The number of hydrogen-bond acceptors (Lipinski definition) is 1. The highest BCUT2D eigenvalue weighted by Gasteiger charge is 2.25. The van der Waals surface area contributed by atoms with E-state index < -0.39 is 5.60 Å². The summed E-state index contributed by atoms with van der Waals surface area (Å²) in [5.41, 5.74) is 5.02. The highest BCUT2D eigenvalue weighted by molar-refractivity contribution is 5.40. The zero-order valence-corrected chi connectivity index (χ0v) is 12.2. The molecular weight excluding hydrogens is 232 g/mol. The molecule has 19 heavy (non-hydrogen) atoms. The minimum Gasteiger partial charge on any atom is -0.385 e. The Bertz CT molecular complexity index is 568. The van der Waals surface area contributed by atoms with E-state index >= 15 is 0 Å². The molecule has 100 valence electrons. The summed E-state index contributed by atoms with van der Waals surface area (Å²) in [7, 11) is 0. The van der Waals surface area contributed by atoms with Gasteiger partial charge in [-0.25, -0.2) is 0 Å². The minimum atomic E-state index is -0.829. The second kappa shape index (κ2) is 5.18. The number of aliphatic hydroxyl groups is 1. The van der Waals surface area contributed by atoms with E-state index in [0.717, 1.165) is 16.7 Å². The van der Waals surface area contributed by atoms with Crippen LogP contribution in [0, 0.1) is 20.8 Å². The summed E-state index contributed by atoms with van der Waals surface area (Å²) in [6.45, 7) is 8.17. The SMILES string of the molecule is Cc1cc(C)c(C(C)(O)Cc2ccccc2)cc1C. The third-order valence-electron chi connectivity index (χ3n) is 3.81. The molecule has 0 saturated heterocycles. The lowest BCUT2D eigenvalue weighted by Gasteiger charge is -2.27. The van der Waals surface area contributed by atoms with Crippen molar-refractivity contribution in [3.63, 3.8) is 0 Å². The monoisotopic (exact) mass is 254 g/mol. The third-order valence-corrected chi connectivity index (χ3v) is 3.81. The van der Waals surface area contributed by atoms with Crippen molar-refractivity contribution in [3.05, 3.63) is 70.3 Å². The first-order valence-corrected chi connectivity index (χ1v) is 6.75. The lowest BCUT2D eigenvalue weighted by Crippen LogP contribution is -2.25. The van der Waals surface area contributed by atoms with Crippen molar-refractivity contribution in [3.8, 4) is 0 Å². The summed E-state index contributed by atoms with van der Waals surface area (Å²) in [6, 6.07) is 14.4. The molecule has 1 atom stereocenters. The van der Waals surface area contributed by atoms with Gasteiger partial charge in [0.2, 0.25) is 0 Å². The summed E-state index contributed by atoms with van der Waals surface area (Å²) in [4.78, 5) is 0. The van der Waals surface area contributed by atoms with E-state index in [1.165, 1.54) is 11.1 Å². The first-order chi connectivity index (χ1) is 8.90. The Morgan fingerprint density at radius 2 is 1.47 bits per heavy atom. The number of hydrogen-bond donors (Lipinski definition) is 1. The molecule has 1 N–H and O–H groups in total. The normalized spacial score (nSPS) is 14.2. The fourth-order valence-corrected chi connectivity index (χ4v) is 2.63. The van der Waals surface area contributed by atoms with E-state index in [4.69, 9.17) is 0 Å². The number of rotatable bonds is 3. The van der Waals surface area contributed by atoms with Gasteiger partial charge in [-0.3, -0.25) is 0 Å². The average molecular weight is 254 g/mol. The predicted molar refractivity (Wildman–Crippen MR) is 80.4 cm³/mol. The van der Waals surface area contributed by atoms with Gasteiger partial charge >= 0.3 is 0 Å². The maximum absolute atomic E-state index is 10.8. The van der Waals surface area contributed by atoms with E-state index in [1.54, 1.807) is 0 Å². The molecule has 2 aromatic carbocycles. The molecule has 2 aromatic rings. The standard InChI is InChI=1S/C18H22O/c1-13-10-15(3)17(11-14(13)2)18(4,19)12-16-8-6-5-7-9-16/h5-11,19H,12H2,1-4H3. The van der Waals surface area contributed by atoms with Crippen molar-refractivity contribution >= 4 is 0 Å². The Kier molecular flexibility index (Phi) is 3.77. The van der Waals surface area contributed by atoms with Gasteiger partial charge in [-0.15, -0.1) is 0 Å². The van der Waals surface area contributed by atoms with Crippen LogP contribution in [0.2, 0.25) is 0 Å².